The van der Waals surface area contributed by atoms with E-state index in [9.17, 15) is 0 Å². The van der Waals surface area contributed by atoms with Crippen molar-refractivity contribution in [2.24, 2.45) is 0 Å². The van der Waals surface area contributed by atoms with Gasteiger partial charge in [-0.15, -0.1) is 0 Å². The maximum atomic E-state index is 5.58. The number of rotatable bonds is 9. The van der Waals surface area contributed by atoms with Gasteiger partial charge in [0.05, 0.1) is 13.7 Å². The highest BCUT2D eigenvalue weighted by atomic mass is 16.5. The van der Waals surface area contributed by atoms with Crippen molar-refractivity contribution in [2.45, 2.75) is 19.9 Å². The zero-order valence-corrected chi connectivity index (χ0v) is 19.5. The second-order valence-electron chi connectivity index (χ2n) is 8.63. The van der Waals surface area contributed by atoms with Crippen LogP contribution in [0.2, 0.25) is 0 Å². The Balaban J connectivity index is 1.19. The van der Waals surface area contributed by atoms with Crippen molar-refractivity contribution in [3.05, 3.63) is 65.9 Å². The van der Waals surface area contributed by atoms with E-state index in [2.05, 4.69) is 58.1 Å². The van der Waals surface area contributed by atoms with E-state index in [1.807, 2.05) is 30.3 Å². The molecule has 0 spiro atoms. The Kier molecular flexibility index (Phi) is 7.45. The van der Waals surface area contributed by atoms with Crippen molar-refractivity contribution in [2.75, 3.05) is 58.3 Å². The number of piperazine rings is 1. The van der Waals surface area contributed by atoms with Crippen LogP contribution in [0.5, 0.6) is 5.75 Å². The first-order valence-electron chi connectivity index (χ1n) is 11.4. The molecule has 3 aromatic rings. The van der Waals surface area contributed by atoms with E-state index >= 15 is 0 Å². The molecule has 1 aliphatic rings. The van der Waals surface area contributed by atoms with Crippen LogP contribution in [-0.2, 0) is 6.54 Å². The quantitative estimate of drug-likeness (QED) is 0.500. The van der Waals surface area contributed by atoms with Crippen LogP contribution in [0, 0.1) is 6.92 Å². The molecule has 0 N–H and O–H groups in total. The van der Waals surface area contributed by atoms with Gasteiger partial charge in [-0.1, -0.05) is 35.0 Å². The summed E-state index contributed by atoms with van der Waals surface area (Å²) in [4.78, 5) is 7.37. The highest BCUT2D eigenvalue weighted by molar-refractivity contribution is 5.66. The van der Waals surface area contributed by atoms with Crippen molar-refractivity contribution in [1.82, 2.24) is 15.0 Å². The fourth-order valence-electron chi connectivity index (χ4n) is 4.27. The SMILES string of the molecule is COc1ccccc1-c1cc(CN(C)CCCN2CCN(c3ccc(C)cc3)CC2)on1. The summed E-state index contributed by atoms with van der Waals surface area (Å²) in [6.45, 7) is 9.51. The molecule has 0 aliphatic carbocycles. The van der Waals surface area contributed by atoms with Gasteiger partial charge in [0, 0.05) is 43.5 Å². The molecular formula is C26H34N4O2. The van der Waals surface area contributed by atoms with Crippen LogP contribution in [0.15, 0.2) is 59.1 Å². The van der Waals surface area contributed by atoms with Gasteiger partial charge in [-0.25, -0.2) is 0 Å². The van der Waals surface area contributed by atoms with Crippen molar-refractivity contribution in [1.29, 1.82) is 0 Å². The molecule has 0 saturated carbocycles. The largest absolute Gasteiger partial charge is 0.496 e. The van der Waals surface area contributed by atoms with Crippen LogP contribution in [0.4, 0.5) is 5.69 Å². The Morgan fingerprint density at radius 1 is 1.03 bits per heavy atom. The number of para-hydroxylation sites is 1. The van der Waals surface area contributed by atoms with Gasteiger partial charge in [-0.3, -0.25) is 9.80 Å². The lowest BCUT2D eigenvalue weighted by Gasteiger charge is -2.36. The van der Waals surface area contributed by atoms with Gasteiger partial charge in [0.1, 0.15) is 11.4 Å². The van der Waals surface area contributed by atoms with E-state index in [1.54, 1.807) is 7.11 Å². The predicted molar refractivity (Wildman–Crippen MR) is 129 cm³/mol. The topological polar surface area (TPSA) is 45.0 Å². The molecule has 6 heteroatoms. The number of ether oxygens (including phenoxy) is 1. The first-order valence-corrected chi connectivity index (χ1v) is 11.4. The summed E-state index contributed by atoms with van der Waals surface area (Å²) in [5, 5.41) is 4.24. The lowest BCUT2D eigenvalue weighted by Crippen LogP contribution is -2.47. The van der Waals surface area contributed by atoms with Crippen LogP contribution in [0.1, 0.15) is 17.7 Å². The zero-order chi connectivity index (χ0) is 22.3. The smallest absolute Gasteiger partial charge is 0.151 e. The Labute approximate surface area is 191 Å². The number of hydrogen-bond acceptors (Lipinski definition) is 6. The third-order valence-electron chi connectivity index (χ3n) is 6.15. The Morgan fingerprint density at radius 3 is 2.53 bits per heavy atom. The van der Waals surface area contributed by atoms with E-state index in [0.29, 0.717) is 0 Å². The monoisotopic (exact) mass is 434 g/mol. The van der Waals surface area contributed by atoms with E-state index in [4.69, 9.17) is 9.26 Å². The number of methoxy groups -OCH3 is 1. The normalized spacial score (nSPS) is 14.8. The predicted octanol–water partition coefficient (Wildman–Crippen LogP) is 4.30. The Bertz CT molecular complexity index is 978. The zero-order valence-electron chi connectivity index (χ0n) is 19.5. The van der Waals surface area contributed by atoms with Crippen LogP contribution in [0.3, 0.4) is 0 Å². The first kappa shape index (κ1) is 22.4. The molecule has 170 valence electrons. The maximum Gasteiger partial charge on any atom is 0.151 e. The number of anilines is 1. The average Bonchev–Trinajstić information content (AvgIpc) is 3.28. The highest BCUT2D eigenvalue weighted by Crippen LogP contribution is 2.29. The molecule has 1 aromatic heterocycles. The number of aryl methyl sites for hydroxylation is 1. The minimum atomic E-state index is 0.753. The third-order valence-corrected chi connectivity index (χ3v) is 6.15. The number of benzene rings is 2. The van der Waals surface area contributed by atoms with Crippen molar-refractivity contribution < 1.29 is 9.26 Å². The number of hydrogen-bond donors (Lipinski definition) is 0. The first-order chi connectivity index (χ1) is 15.6. The van der Waals surface area contributed by atoms with Gasteiger partial charge in [-0.2, -0.15) is 0 Å². The van der Waals surface area contributed by atoms with E-state index in [1.165, 1.54) is 11.3 Å². The number of aromatic nitrogens is 1. The van der Waals surface area contributed by atoms with Crippen LogP contribution in [0.25, 0.3) is 11.3 Å². The van der Waals surface area contributed by atoms with Crippen molar-refractivity contribution >= 4 is 5.69 Å². The molecule has 0 radical (unpaired) electrons. The molecule has 1 fully saturated rings. The van der Waals surface area contributed by atoms with Crippen LogP contribution < -0.4 is 9.64 Å². The molecule has 1 saturated heterocycles. The highest BCUT2D eigenvalue weighted by Gasteiger charge is 2.17. The maximum absolute atomic E-state index is 5.58. The molecule has 0 unspecified atom stereocenters. The van der Waals surface area contributed by atoms with Gasteiger partial charge in [0.25, 0.3) is 0 Å². The molecule has 0 amide bonds. The summed E-state index contributed by atoms with van der Waals surface area (Å²) in [5.74, 6) is 1.68. The fraction of sp³-hybridized carbons (Fsp3) is 0.423. The summed E-state index contributed by atoms with van der Waals surface area (Å²) < 4.78 is 11.0. The lowest BCUT2D eigenvalue weighted by atomic mass is 10.1. The fourth-order valence-corrected chi connectivity index (χ4v) is 4.27. The molecular weight excluding hydrogens is 400 g/mol. The minimum absolute atomic E-state index is 0.753. The second-order valence-corrected chi connectivity index (χ2v) is 8.63. The van der Waals surface area contributed by atoms with Crippen LogP contribution in [-0.4, -0.2) is 68.4 Å². The average molecular weight is 435 g/mol. The molecule has 32 heavy (non-hydrogen) atoms. The Morgan fingerprint density at radius 2 is 1.78 bits per heavy atom. The van der Waals surface area contributed by atoms with E-state index in [0.717, 1.165) is 75.0 Å². The molecule has 1 aliphatic heterocycles. The molecule has 4 rings (SSSR count). The van der Waals surface area contributed by atoms with Gasteiger partial charge in [-0.05, 0) is 57.7 Å². The summed E-state index contributed by atoms with van der Waals surface area (Å²) in [6.07, 6.45) is 1.15. The Hall–Kier alpha value is -2.83. The molecule has 6 nitrogen and oxygen atoms in total. The van der Waals surface area contributed by atoms with Crippen molar-refractivity contribution in [3.8, 4) is 17.0 Å². The van der Waals surface area contributed by atoms with Gasteiger partial charge in [0.15, 0.2) is 5.76 Å². The summed E-state index contributed by atoms with van der Waals surface area (Å²) in [5.41, 5.74) is 4.43. The lowest BCUT2D eigenvalue weighted by molar-refractivity contribution is 0.223. The minimum Gasteiger partial charge on any atom is -0.496 e. The van der Waals surface area contributed by atoms with Crippen LogP contribution >= 0.6 is 0 Å². The standard InChI is InChI=1S/C26H34N4O2/c1-21-9-11-22(12-10-21)30-17-15-29(16-18-30)14-6-13-28(2)20-23-19-25(27-32-23)24-7-4-5-8-26(24)31-3/h4-5,7-12,19H,6,13-18,20H2,1-3H3. The van der Waals surface area contributed by atoms with Gasteiger partial charge in [0.2, 0.25) is 0 Å². The van der Waals surface area contributed by atoms with E-state index < -0.39 is 0 Å². The molecule has 2 heterocycles. The second kappa shape index (κ2) is 10.7. The van der Waals surface area contributed by atoms with E-state index in [-0.39, 0.29) is 0 Å². The summed E-state index contributed by atoms with van der Waals surface area (Å²) in [7, 11) is 3.82. The third kappa shape index (κ3) is 5.69. The summed E-state index contributed by atoms with van der Waals surface area (Å²) in [6, 6.07) is 18.8. The molecule has 0 bridgehead atoms. The number of nitrogens with zero attached hydrogens (tertiary/aromatic N) is 4. The van der Waals surface area contributed by atoms with Crippen molar-refractivity contribution in [3.63, 3.8) is 0 Å². The molecule has 2 aromatic carbocycles. The van der Waals surface area contributed by atoms with Gasteiger partial charge >= 0.3 is 0 Å². The summed E-state index contributed by atoms with van der Waals surface area (Å²) >= 11 is 0. The molecule has 0 atom stereocenters. The van der Waals surface area contributed by atoms with Gasteiger partial charge < -0.3 is 14.2 Å².